The van der Waals surface area contributed by atoms with Crippen LogP contribution in [0.2, 0.25) is 0 Å². The second-order valence-electron chi connectivity index (χ2n) is 5.55. The zero-order chi connectivity index (χ0) is 13.9. The van der Waals surface area contributed by atoms with Crippen molar-refractivity contribution in [3.05, 3.63) is 29.5 Å². The Labute approximate surface area is 120 Å². The van der Waals surface area contributed by atoms with Crippen molar-refractivity contribution in [2.45, 2.75) is 13.3 Å². The number of fused-ring (bicyclic) bond motifs is 1. The molecule has 4 heteroatoms. The minimum atomic E-state index is 0.938. The van der Waals surface area contributed by atoms with E-state index in [1.54, 1.807) is 7.11 Å². The summed E-state index contributed by atoms with van der Waals surface area (Å²) in [6.45, 7) is 7.79. The van der Waals surface area contributed by atoms with Gasteiger partial charge in [0.2, 0.25) is 0 Å². The maximum absolute atomic E-state index is 5.47. The van der Waals surface area contributed by atoms with Gasteiger partial charge in [0.1, 0.15) is 5.75 Å². The molecule has 0 unspecified atom stereocenters. The van der Waals surface area contributed by atoms with Crippen molar-refractivity contribution in [1.82, 2.24) is 15.2 Å². The van der Waals surface area contributed by atoms with Gasteiger partial charge in [-0.05, 0) is 36.6 Å². The van der Waals surface area contributed by atoms with Gasteiger partial charge in [-0.2, -0.15) is 0 Å². The van der Waals surface area contributed by atoms with Gasteiger partial charge in [-0.3, -0.25) is 0 Å². The molecule has 1 aliphatic rings. The number of hydrogen-bond acceptors (Lipinski definition) is 3. The molecule has 2 N–H and O–H groups in total. The summed E-state index contributed by atoms with van der Waals surface area (Å²) in [5.41, 5.74) is 3.76. The smallest absolute Gasteiger partial charge is 0.143 e. The van der Waals surface area contributed by atoms with Crippen LogP contribution < -0.4 is 10.1 Å². The minimum absolute atomic E-state index is 0.938. The Bertz CT molecular complexity index is 585. The van der Waals surface area contributed by atoms with E-state index >= 15 is 0 Å². The Morgan fingerprint density at radius 2 is 2.05 bits per heavy atom. The SMILES string of the molecule is COc1cc(C)cc2c(CCN3CCNCC3)c[nH]c12. The van der Waals surface area contributed by atoms with Gasteiger partial charge in [0.25, 0.3) is 0 Å². The van der Waals surface area contributed by atoms with Gasteiger partial charge in [0, 0.05) is 44.3 Å². The third-order valence-electron chi connectivity index (χ3n) is 4.11. The third kappa shape index (κ3) is 2.67. The largest absolute Gasteiger partial charge is 0.495 e. The van der Waals surface area contributed by atoms with Gasteiger partial charge >= 0.3 is 0 Å². The van der Waals surface area contributed by atoms with Crippen molar-refractivity contribution in [3.63, 3.8) is 0 Å². The van der Waals surface area contributed by atoms with Crippen LogP contribution in [-0.2, 0) is 6.42 Å². The molecule has 20 heavy (non-hydrogen) atoms. The summed E-state index contributed by atoms with van der Waals surface area (Å²) in [5, 5.41) is 4.70. The molecular weight excluding hydrogens is 250 g/mol. The molecule has 2 heterocycles. The Hall–Kier alpha value is -1.52. The maximum Gasteiger partial charge on any atom is 0.143 e. The third-order valence-corrected chi connectivity index (χ3v) is 4.11. The topological polar surface area (TPSA) is 40.3 Å². The van der Waals surface area contributed by atoms with Crippen LogP contribution in [0.15, 0.2) is 18.3 Å². The lowest BCUT2D eigenvalue weighted by Crippen LogP contribution is -2.44. The average Bonchev–Trinajstić information content (AvgIpc) is 2.88. The molecule has 0 spiro atoms. The molecule has 1 aromatic carbocycles. The minimum Gasteiger partial charge on any atom is -0.495 e. The first-order valence-electron chi connectivity index (χ1n) is 7.35. The number of rotatable bonds is 4. The van der Waals surface area contributed by atoms with Crippen LogP contribution in [0.1, 0.15) is 11.1 Å². The fourth-order valence-corrected chi connectivity index (χ4v) is 2.97. The number of piperazine rings is 1. The number of methoxy groups -OCH3 is 1. The predicted octanol–water partition coefficient (Wildman–Crippen LogP) is 1.93. The fraction of sp³-hybridized carbons (Fsp3) is 0.500. The number of aromatic nitrogens is 1. The summed E-state index contributed by atoms with van der Waals surface area (Å²) in [6, 6.07) is 4.33. The van der Waals surface area contributed by atoms with Crippen LogP contribution in [-0.4, -0.2) is 49.7 Å². The monoisotopic (exact) mass is 273 g/mol. The van der Waals surface area contributed by atoms with Crippen LogP contribution >= 0.6 is 0 Å². The van der Waals surface area contributed by atoms with Crippen molar-refractivity contribution >= 4 is 10.9 Å². The molecule has 0 aliphatic carbocycles. The van der Waals surface area contributed by atoms with E-state index in [-0.39, 0.29) is 0 Å². The highest BCUT2D eigenvalue weighted by Crippen LogP contribution is 2.29. The zero-order valence-electron chi connectivity index (χ0n) is 12.3. The molecule has 1 aliphatic heterocycles. The molecule has 1 fully saturated rings. The van der Waals surface area contributed by atoms with E-state index in [9.17, 15) is 0 Å². The standard InChI is InChI=1S/C16H23N3O/c1-12-9-14-13(3-6-19-7-4-17-5-8-19)11-18-16(14)15(10-12)20-2/h9-11,17-18H,3-8H2,1-2H3. The molecule has 4 nitrogen and oxygen atoms in total. The summed E-state index contributed by atoms with van der Waals surface area (Å²) in [5.74, 6) is 0.938. The van der Waals surface area contributed by atoms with Crippen molar-refractivity contribution in [1.29, 1.82) is 0 Å². The zero-order valence-corrected chi connectivity index (χ0v) is 12.3. The molecule has 0 radical (unpaired) electrons. The van der Waals surface area contributed by atoms with E-state index < -0.39 is 0 Å². The molecule has 0 amide bonds. The lowest BCUT2D eigenvalue weighted by atomic mass is 10.1. The fourth-order valence-electron chi connectivity index (χ4n) is 2.97. The number of H-pyrrole nitrogens is 1. The number of aryl methyl sites for hydroxylation is 1. The number of benzene rings is 1. The Balaban J connectivity index is 1.79. The second-order valence-corrected chi connectivity index (χ2v) is 5.55. The lowest BCUT2D eigenvalue weighted by molar-refractivity contribution is 0.244. The number of aromatic amines is 1. The Morgan fingerprint density at radius 3 is 2.80 bits per heavy atom. The van der Waals surface area contributed by atoms with Gasteiger partial charge in [-0.25, -0.2) is 0 Å². The summed E-state index contributed by atoms with van der Waals surface area (Å²) in [7, 11) is 1.73. The van der Waals surface area contributed by atoms with E-state index in [1.165, 1.54) is 16.5 Å². The average molecular weight is 273 g/mol. The summed E-state index contributed by atoms with van der Waals surface area (Å²) in [6.07, 6.45) is 3.22. The molecule has 0 saturated carbocycles. The van der Waals surface area contributed by atoms with Crippen LogP contribution in [0, 0.1) is 6.92 Å². The van der Waals surface area contributed by atoms with Crippen LogP contribution in [0.3, 0.4) is 0 Å². The Kier molecular flexibility index (Phi) is 3.94. The van der Waals surface area contributed by atoms with Gasteiger partial charge in [0.15, 0.2) is 0 Å². The molecule has 1 saturated heterocycles. The van der Waals surface area contributed by atoms with Crippen LogP contribution in [0.25, 0.3) is 10.9 Å². The van der Waals surface area contributed by atoms with E-state index in [0.717, 1.165) is 50.4 Å². The highest BCUT2D eigenvalue weighted by Gasteiger charge is 2.12. The van der Waals surface area contributed by atoms with Gasteiger partial charge < -0.3 is 19.9 Å². The van der Waals surface area contributed by atoms with Crippen molar-refractivity contribution in [3.8, 4) is 5.75 Å². The quantitative estimate of drug-likeness (QED) is 0.894. The molecular formula is C16H23N3O. The molecule has 3 rings (SSSR count). The maximum atomic E-state index is 5.47. The first kappa shape index (κ1) is 13.5. The molecule has 0 atom stereocenters. The molecule has 0 bridgehead atoms. The first-order chi connectivity index (χ1) is 9.78. The Morgan fingerprint density at radius 1 is 1.25 bits per heavy atom. The lowest BCUT2D eigenvalue weighted by Gasteiger charge is -2.26. The highest BCUT2D eigenvalue weighted by molar-refractivity contribution is 5.89. The van der Waals surface area contributed by atoms with Gasteiger partial charge in [-0.15, -0.1) is 0 Å². The highest BCUT2D eigenvalue weighted by atomic mass is 16.5. The van der Waals surface area contributed by atoms with Crippen molar-refractivity contribution in [2.75, 3.05) is 39.8 Å². The number of hydrogen-bond donors (Lipinski definition) is 2. The van der Waals surface area contributed by atoms with Crippen molar-refractivity contribution < 1.29 is 4.74 Å². The number of ether oxygens (including phenoxy) is 1. The summed E-state index contributed by atoms with van der Waals surface area (Å²) in [4.78, 5) is 5.90. The van der Waals surface area contributed by atoms with E-state index in [2.05, 4.69) is 40.5 Å². The van der Waals surface area contributed by atoms with Crippen LogP contribution in [0.4, 0.5) is 0 Å². The molecule has 2 aromatic rings. The predicted molar refractivity (Wildman–Crippen MR) is 82.6 cm³/mol. The van der Waals surface area contributed by atoms with E-state index in [0.29, 0.717) is 0 Å². The molecule has 1 aromatic heterocycles. The number of nitrogens with one attached hydrogen (secondary N) is 2. The van der Waals surface area contributed by atoms with Gasteiger partial charge in [-0.1, -0.05) is 0 Å². The number of nitrogens with zero attached hydrogens (tertiary/aromatic N) is 1. The normalized spacial score (nSPS) is 16.7. The first-order valence-corrected chi connectivity index (χ1v) is 7.35. The summed E-state index contributed by atoms with van der Waals surface area (Å²) < 4.78 is 5.47. The second kappa shape index (κ2) is 5.85. The van der Waals surface area contributed by atoms with Crippen molar-refractivity contribution in [2.24, 2.45) is 0 Å². The van der Waals surface area contributed by atoms with Gasteiger partial charge in [0.05, 0.1) is 12.6 Å². The molecule has 108 valence electrons. The van der Waals surface area contributed by atoms with Crippen LogP contribution in [0.5, 0.6) is 5.75 Å². The summed E-state index contributed by atoms with van der Waals surface area (Å²) >= 11 is 0. The van der Waals surface area contributed by atoms with E-state index in [4.69, 9.17) is 4.74 Å². The van der Waals surface area contributed by atoms with E-state index in [1.807, 2.05) is 0 Å².